The van der Waals surface area contributed by atoms with Crippen LogP contribution in [0.5, 0.6) is 0 Å². The lowest BCUT2D eigenvalue weighted by atomic mass is 10.1. The molecule has 1 aromatic heterocycles. The number of nitrogens with zero attached hydrogens (tertiary/aromatic N) is 4. The van der Waals surface area contributed by atoms with Crippen LogP contribution in [0.3, 0.4) is 0 Å². The van der Waals surface area contributed by atoms with Crippen molar-refractivity contribution in [2.45, 2.75) is 51.6 Å². The van der Waals surface area contributed by atoms with Crippen molar-refractivity contribution in [1.29, 1.82) is 0 Å². The zero-order valence-corrected chi connectivity index (χ0v) is 21.0. The van der Waals surface area contributed by atoms with Crippen molar-refractivity contribution < 1.29 is 13.2 Å². The third-order valence-electron chi connectivity index (χ3n) is 6.39. The number of sulfonamides is 1. The van der Waals surface area contributed by atoms with Gasteiger partial charge in [-0.05, 0) is 56.9 Å². The van der Waals surface area contributed by atoms with E-state index in [2.05, 4.69) is 28.9 Å². The Morgan fingerprint density at radius 2 is 1.91 bits per heavy atom. The van der Waals surface area contributed by atoms with Crippen LogP contribution in [0.15, 0.2) is 24.3 Å². The summed E-state index contributed by atoms with van der Waals surface area (Å²) in [7, 11) is -3.53. The Morgan fingerprint density at radius 1 is 1.15 bits per heavy atom. The third-order valence-corrected chi connectivity index (χ3v) is 7.81. The fraction of sp³-hybridized carbons (Fsp3) is 0.565. The Bertz CT molecular complexity index is 1110. The van der Waals surface area contributed by atoms with Gasteiger partial charge < -0.3 is 4.90 Å². The van der Waals surface area contributed by atoms with E-state index in [-0.39, 0.29) is 18.5 Å². The van der Waals surface area contributed by atoms with Gasteiger partial charge in [0.25, 0.3) is 5.91 Å². The first kappa shape index (κ1) is 24.0. The molecule has 0 bridgehead atoms. The molecule has 2 aliphatic rings. The van der Waals surface area contributed by atoms with E-state index in [0.29, 0.717) is 48.4 Å². The largest absolute Gasteiger partial charge is 0.332 e. The first-order valence-corrected chi connectivity index (χ1v) is 13.7. The van der Waals surface area contributed by atoms with Crippen molar-refractivity contribution in [2.75, 3.05) is 36.7 Å². The van der Waals surface area contributed by atoms with Gasteiger partial charge in [0.2, 0.25) is 10.0 Å². The monoisotopic (exact) mass is 493 g/mol. The van der Waals surface area contributed by atoms with Gasteiger partial charge in [-0.3, -0.25) is 19.1 Å². The standard InChI is InChI=1S/C23H32ClN5O3S/c1-16(2)27-9-4-10-29(33(3,31)32)22-13-19(24)8-7-18(22)15-28(12-11-27)23(30)21-14-20(25-26-21)17-5-6-17/h7-8,13-14,16-17H,4-6,9-12,15H2,1-3H3,(H,25,26). The number of carbonyl (C=O) groups excluding carboxylic acids is 1. The Morgan fingerprint density at radius 3 is 2.58 bits per heavy atom. The van der Waals surface area contributed by atoms with Crippen LogP contribution in [0, 0.1) is 0 Å². The number of halogens is 1. The molecule has 0 spiro atoms. The first-order valence-electron chi connectivity index (χ1n) is 11.5. The average molecular weight is 494 g/mol. The van der Waals surface area contributed by atoms with Crippen LogP contribution in [0.4, 0.5) is 5.69 Å². The molecule has 1 amide bonds. The summed E-state index contributed by atoms with van der Waals surface area (Å²) in [6.07, 6.45) is 4.13. The van der Waals surface area contributed by atoms with E-state index >= 15 is 0 Å². The Labute approximate surface area is 200 Å². The maximum atomic E-state index is 13.5. The fourth-order valence-corrected chi connectivity index (χ4v) is 5.49. The van der Waals surface area contributed by atoms with Gasteiger partial charge in [-0.25, -0.2) is 8.42 Å². The quantitative estimate of drug-likeness (QED) is 0.704. The van der Waals surface area contributed by atoms with Crippen molar-refractivity contribution in [3.05, 3.63) is 46.2 Å². The van der Waals surface area contributed by atoms with Crippen LogP contribution < -0.4 is 4.31 Å². The molecule has 0 saturated heterocycles. The maximum Gasteiger partial charge on any atom is 0.274 e. The molecule has 180 valence electrons. The van der Waals surface area contributed by atoms with Gasteiger partial charge in [0, 0.05) is 55.4 Å². The molecule has 1 aliphatic carbocycles. The molecule has 2 aromatic rings. The van der Waals surface area contributed by atoms with Crippen LogP contribution in [-0.2, 0) is 16.6 Å². The minimum absolute atomic E-state index is 0.159. The van der Waals surface area contributed by atoms with Crippen molar-refractivity contribution in [1.82, 2.24) is 20.0 Å². The number of H-pyrrole nitrogens is 1. The number of hydrogen-bond acceptors (Lipinski definition) is 5. The van der Waals surface area contributed by atoms with Gasteiger partial charge in [0.15, 0.2) is 0 Å². The van der Waals surface area contributed by atoms with E-state index in [1.807, 2.05) is 12.1 Å². The van der Waals surface area contributed by atoms with E-state index in [0.717, 1.165) is 30.6 Å². The molecular weight excluding hydrogens is 462 g/mol. The molecule has 4 rings (SSSR count). The molecule has 1 aromatic carbocycles. The number of hydrogen-bond donors (Lipinski definition) is 1. The summed E-state index contributed by atoms with van der Waals surface area (Å²) in [6, 6.07) is 7.37. The average Bonchev–Trinajstić information content (AvgIpc) is 3.48. The van der Waals surface area contributed by atoms with Crippen LogP contribution >= 0.6 is 11.6 Å². The van der Waals surface area contributed by atoms with Gasteiger partial charge in [0.1, 0.15) is 5.69 Å². The molecule has 0 atom stereocenters. The third kappa shape index (κ3) is 5.70. The summed E-state index contributed by atoms with van der Waals surface area (Å²) in [5.74, 6) is 0.317. The number of nitrogens with one attached hydrogen (secondary N) is 1. The normalized spacial score (nSPS) is 18.8. The summed E-state index contributed by atoms with van der Waals surface area (Å²) in [5.41, 5.74) is 2.68. The van der Waals surface area contributed by atoms with E-state index in [1.54, 1.807) is 17.0 Å². The number of fused-ring (bicyclic) bond motifs is 1. The van der Waals surface area contributed by atoms with Crippen molar-refractivity contribution >= 4 is 33.2 Å². The van der Waals surface area contributed by atoms with Gasteiger partial charge in [0.05, 0.1) is 11.9 Å². The van der Waals surface area contributed by atoms with Gasteiger partial charge in [-0.15, -0.1) is 0 Å². The highest BCUT2D eigenvalue weighted by Crippen LogP contribution is 2.39. The van der Waals surface area contributed by atoms with Crippen LogP contribution in [0.2, 0.25) is 5.02 Å². The highest BCUT2D eigenvalue weighted by atomic mass is 35.5. The number of anilines is 1. The van der Waals surface area contributed by atoms with Gasteiger partial charge >= 0.3 is 0 Å². The zero-order valence-electron chi connectivity index (χ0n) is 19.4. The highest BCUT2D eigenvalue weighted by Gasteiger charge is 2.29. The smallest absolute Gasteiger partial charge is 0.274 e. The minimum Gasteiger partial charge on any atom is -0.332 e. The number of aromatic amines is 1. The highest BCUT2D eigenvalue weighted by molar-refractivity contribution is 7.92. The summed E-state index contributed by atoms with van der Waals surface area (Å²) in [5, 5.41) is 7.76. The lowest BCUT2D eigenvalue weighted by molar-refractivity contribution is 0.0706. The maximum absolute atomic E-state index is 13.5. The number of aromatic nitrogens is 2. The number of benzene rings is 1. The molecule has 1 aliphatic heterocycles. The molecule has 33 heavy (non-hydrogen) atoms. The summed E-state index contributed by atoms with van der Waals surface area (Å²) >= 11 is 6.26. The van der Waals surface area contributed by atoms with Crippen molar-refractivity contribution in [3.8, 4) is 0 Å². The van der Waals surface area contributed by atoms with Gasteiger partial charge in [-0.2, -0.15) is 5.10 Å². The molecule has 0 unspecified atom stereocenters. The van der Waals surface area contributed by atoms with E-state index in [9.17, 15) is 13.2 Å². The summed E-state index contributed by atoms with van der Waals surface area (Å²) < 4.78 is 26.8. The predicted molar refractivity (Wildman–Crippen MR) is 130 cm³/mol. The Balaban J connectivity index is 1.71. The van der Waals surface area contributed by atoms with Crippen LogP contribution in [0.1, 0.15) is 60.8 Å². The summed E-state index contributed by atoms with van der Waals surface area (Å²) in [6.45, 7) is 6.81. The lowest BCUT2D eigenvalue weighted by Gasteiger charge is -2.29. The minimum atomic E-state index is -3.53. The molecule has 8 nitrogen and oxygen atoms in total. The second kappa shape index (κ2) is 9.64. The van der Waals surface area contributed by atoms with Crippen LogP contribution in [-0.4, -0.2) is 72.8 Å². The molecule has 1 N–H and O–H groups in total. The second-order valence-corrected chi connectivity index (χ2v) is 11.6. The zero-order chi connectivity index (χ0) is 23.8. The molecule has 1 saturated carbocycles. The molecule has 0 radical (unpaired) electrons. The van der Waals surface area contributed by atoms with Crippen LogP contribution in [0.25, 0.3) is 0 Å². The van der Waals surface area contributed by atoms with E-state index in [4.69, 9.17) is 11.6 Å². The fourth-order valence-electron chi connectivity index (χ4n) is 4.33. The molecular formula is C23H32ClN5O3S. The lowest BCUT2D eigenvalue weighted by Crippen LogP contribution is -2.41. The number of rotatable bonds is 4. The predicted octanol–water partition coefficient (Wildman–Crippen LogP) is 3.46. The Hall–Kier alpha value is -2.10. The van der Waals surface area contributed by atoms with E-state index in [1.165, 1.54) is 10.6 Å². The van der Waals surface area contributed by atoms with E-state index < -0.39 is 10.0 Å². The van der Waals surface area contributed by atoms with Crippen molar-refractivity contribution in [3.63, 3.8) is 0 Å². The van der Waals surface area contributed by atoms with Gasteiger partial charge in [-0.1, -0.05) is 17.7 Å². The summed E-state index contributed by atoms with van der Waals surface area (Å²) in [4.78, 5) is 17.6. The Kier molecular flexibility index (Phi) is 7.02. The number of amides is 1. The van der Waals surface area contributed by atoms with Crippen molar-refractivity contribution in [2.24, 2.45) is 0 Å². The molecule has 1 fully saturated rings. The SMILES string of the molecule is CC(C)N1CCCN(S(C)(=O)=O)c2cc(Cl)ccc2CN(C(=O)c2cc(C3CC3)[nH]n2)CC1. The topological polar surface area (TPSA) is 89.6 Å². The first-order chi connectivity index (χ1) is 15.6. The molecule has 2 heterocycles. The second-order valence-electron chi connectivity index (χ2n) is 9.30. The molecule has 10 heteroatoms. The number of carbonyl (C=O) groups is 1.